The lowest BCUT2D eigenvalue weighted by molar-refractivity contribution is -0.116. The first-order valence-electron chi connectivity index (χ1n) is 11.6. The molecule has 163 valence electrons. The summed E-state index contributed by atoms with van der Waals surface area (Å²) in [6.45, 7) is 6.22. The van der Waals surface area contributed by atoms with Crippen LogP contribution in [0.1, 0.15) is 107 Å². The van der Waals surface area contributed by atoms with Crippen molar-refractivity contribution in [1.29, 1.82) is 0 Å². The highest BCUT2D eigenvalue weighted by Gasteiger charge is 2.06. The van der Waals surface area contributed by atoms with Crippen molar-refractivity contribution in [2.75, 3.05) is 11.9 Å². The molecule has 1 rings (SSSR count). The number of rotatable bonds is 17. The number of hydrogen-bond acceptors (Lipinski definition) is 2. The Kier molecular flexibility index (Phi) is 14.8. The molecule has 0 aliphatic carbocycles. The minimum absolute atomic E-state index is 0.0445. The SMILES string of the molecule is [CH2]CNC(=O)c1ccc(NC(=O)CCCCCCCCCCCCCCC)cc1. The molecule has 29 heavy (non-hydrogen) atoms. The number of amides is 2. The molecule has 0 atom stereocenters. The summed E-state index contributed by atoms with van der Waals surface area (Å²) >= 11 is 0. The summed E-state index contributed by atoms with van der Waals surface area (Å²) in [5.74, 6) is -0.104. The Balaban J connectivity index is 1.98. The van der Waals surface area contributed by atoms with E-state index in [2.05, 4.69) is 24.5 Å². The second-order valence-corrected chi connectivity index (χ2v) is 7.87. The van der Waals surface area contributed by atoms with Gasteiger partial charge in [-0.25, -0.2) is 0 Å². The lowest BCUT2D eigenvalue weighted by Crippen LogP contribution is -2.22. The van der Waals surface area contributed by atoms with Gasteiger partial charge in [-0.3, -0.25) is 9.59 Å². The molecule has 4 heteroatoms. The van der Waals surface area contributed by atoms with E-state index >= 15 is 0 Å². The van der Waals surface area contributed by atoms with Gasteiger partial charge >= 0.3 is 0 Å². The van der Waals surface area contributed by atoms with E-state index in [0.717, 1.165) is 18.5 Å². The van der Waals surface area contributed by atoms with Crippen molar-refractivity contribution in [1.82, 2.24) is 5.32 Å². The fourth-order valence-corrected chi connectivity index (χ4v) is 3.45. The van der Waals surface area contributed by atoms with Gasteiger partial charge in [-0.1, -0.05) is 84.0 Å². The lowest BCUT2D eigenvalue weighted by atomic mass is 10.0. The summed E-state index contributed by atoms with van der Waals surface area (Å²) in [6, 6.07) is 6.96. The molecule has 1 radical (unpaired) electrons. The van der Waals surface area contributed by atoms with E-state index in [1.165, 1.54) is 70.6 Å². The Hall–Kier alpha value is -1.84. The highest BCUT2D eigenvalue weighted by Crippen LogP contribution is 2.14. The Morgan fingerprint density at radius 3 is 1.72 bits per heavy atom. The van der Waals surface area contributed by atoms with Crippen LogP contribution in [0.25, 0.3) is 0 Å². The van der Waals surface area contributed by atoms with Crippen LogP contribution in [0.5, 0.6) is 0 Å². The predicted molar refractivity (Wildman–Crippen MR) is 123 cm³/mol. The van der Waals surface area contributed by atoms with Gasteiger partial charge in [0.25, 0.3) is 5.91 Å². The summed E-state index contributed by atoms with van der Waals surface area (Å²) < 4.78 is 0. The number of nitrogens with one attached hydrogen (secondary N) is 2. The predicted octanol–water partition coefficient (Wildman–Crippen LogP) is 6.67. The van der Waals surface area contributed by atoms with E-state index in [4.69, 9.17) is 0 Å². The van der Waals surface area contributed by atoms with Crippen LogP contribution in [0.2, 0.25) is 0 Å². The van der Waals surface area contributed by atoms with Gasteiger partial charge in [-0.05, 0) is 37.6 Å². The first-order valence-corrected chi connectivity index (χ1v) is 11.6. The van der Waals surface area contributed by atoms with Crippen LogP contribution in [0.4, 0.5) is 5.69 Å². The van der Waals surface area contributed by atoms with E-state index in [-0.39, 0.29) is 11.8 Å². The van der Waals surface area contributed by atoms with Gasteiger partial charge in [0, 0.05) is 24.2 Å². The molecular formula is C25H41N2O2. The number of anilines is 1. The standard InChI is InChI=1S/C25H41N2O2/c1-3-5-6-7-8-9-10-11-12-13-14-15-16-17-24(28)27-23-20-18-22(19-21-23)25(29)26-4-2/h18-21H,2-17H2,1H3,(H,26,29)(H,27,28). The van der Waals surface area contributed by atoms with E-state index in [0.29, 0.717) is 18.5 Å². The van der Waals surface area contributed by atoms with Gasteiger partial charge in [-0.15, -0.1) is 0 Å². The number of carbonyl (C=O) groups is 2. The van der Waals surface area contributed by atoms with E-state index < -0.39 is 0 Å². The molecule has 4 nitrogen and oxygen atoms in total. The fraction of sp³-hybridized carbons (Fsp3) is 0.640. The molecule has 0 saturated carbocycles. The first kappa shape index (κ1) is 25.2. The minimum atomic E-state index is -0.148. The normalized spacial score (nSPS) is 10.7. The molecule has 1 aromatic rings. The van der Waals surface area contributed by atoms with Crippen molar-refractivity contribution < 1.29 is 9.59 Å². The zero-order valence-electron chi connectivity index (χ0n) is 18.4. The van der Waals surface area contributed by atoms with Gasteiger partial charge in [0.1, 0.15) is 0 Å². The average molecular weight is 402 g/mol. The van der Waals surface area contributed by atoms with Crippen molar-refractivity contribution in [3.05, 3.63) is 36.8 Å². The molecule has 2 N–H and O–H groups in total. The zero-order chi connectivity index (χ0) is 21.2. The Bertz CT molecular complexity index is 554. The van der Waals surface area contributed by atoms with Crippen LogP contribution in [-0.4, -0.2) is 18.4 Å². The Labute approximate surface area is 178 Å². The van der Waals surface area contributed by atoms with Crippen molar-refractivity contribution in [3.8, 4) is 0 Å². The lowest BCUT2D eigenvalue weighted by Gasteiger charge is -2.07. The highest BCUT2D eigenvalue weighted by molar-refractivity contribution is 5.95. The Morgan fingerprint density at radius 2 is 1.24 bits per heavy atom. The molecule has 0 aliphatic heterocycles. The minimum Gasteiger partial charge on any atom is -0.352 e. The number of benzene rings is 1. The monoisotopic (exact) mass is 401 g/mol. The van der Waals surface area contributed by atoms with Crippen LogP contribution in [0, 0.1) is 6.92 Å². The third kappa shape index (κ3) is 13.1. The molecule has 0 aromatic heterocycles. The van der Waals surface area contributed by atoms with Crippen LogP contribution in [0.3, 0.4) is 0 Å². The van der Waals surface area contributed by atoms with Gasteiger partial charge in [0.05, 0.1) is 0 Å². The van der Waals surface area contributed by atoms with Crippen molar-refractivity contribution in [2.24, 2.45) is 0 Å². The maximum absolute atomic E-state index is 12.0. The fourth-order valence-electron chi connectivity index (χ4n) is 3.45. The molecule has 0 aliphatic rings. The van der Waals surface area contributed by atoms with Crippen LogP contribution >= 0.6 is 0 Å². The molecule has 0 heterocycles. The second-order valence-electron chi connectivity index (χ2n) is 7.87. The van der Waals surface area contributed by atoms with E-state index in [1.54, 1.807) is 24.3 Å². The van der Waals surface area contributed by atoms with Gasteiger partial charge in [0.15, 0.2) is 0 Å². The molecular weight excluding hydrogens is 360 g/mol. The molecule has 0 saturated heterocycles. The largest absolute Gasteiger partial charge is 0.352 e. The summed E-state index contributed by atoms with van der Waals surface area (Å²) in [5.41, 5.74) is 1.30. The molecule has 1 aromatic carbocycles. The van der Waals surface area contributed by atoms with Gasteiger partial charge in [0.2, 0.25) is 5.91 Å². The van der Waals surface area contributed by atoms with Gasteiger partial charge < -0.3 is 10.6 Å². The molecule has 0 bridgehead atoms. The van der Waals surface area contributed by atoms with Crippen molar-refractivity contribution >= 4 is 17.5 Å². The highest BCUT2D eigenvalue weighted by atomic mass is 16.2. The third-order valence-corrected chi connectivity index (χ3v) is 5.22. The van der Waals surface area contributed by atoms with Crippen molar-refractivity contribution in [2.45, 2.75) is 96.8 Å². The third-order valence-electron chi connectivity index (χ3n) is 5.22. The van der Waals surface area contributed by atoms with Crippen LogP contribution < -0.4 is 10.6 Å². The van der Waals surface area contributed by atoms with Crippen LogP contribution in [-0.2, 0) is 4.79 Å². The molecule has 2 amide bonds. The average Bonchev–Trinajstić information content (AvgIpc) is 2.72. The molecule has 0 spiro atoms. The van der Waals surface area contributed by atoms with Gasteiger partial charge in [-0.2, -0.15) is 0 Å². The van der Waals surface area contributed by atoms with E-state index in [9.17, 15) is 9.59 Å². The topological polar surface area (TPSA) is 58.2 Å². The maximum atomic E-state index is 12.0. The quantitative estimate of drug-likeness (QED) is 0.286. The summed E-state index contributed by atoms with van der Waals surface area (Å²) in [7, 11) is 0. The van der Waals surface area contributed by atoms with E-state index in [1.807, 2.05) is 0 Å². The molecule has 0 unspecified atom stereocenters. The maximum Gasteiger partial charge on any atom is 0.251 e. The Morgan fingerprint density at radius 1 is 0.759 bits per heavy atom. The smallest absolute Gasteiger partial charge is 0.251 e. The first-order chi connectivity index (χ1) is 14.2. The number of hydrogen-bond donors (Lipinski definition) is 2. The van der Waals surface area contributed by atoms with Crippen molar-refractivity contribution in [3.63, 3.8) is 0 Å². The summed E-state index contributed by atoms with van der Waals surface area (Å²) in [4.78, 5) is 23.7. The van der Waals surface area contributed by atoms with Crippen LogP contribution in [0.15, 0.2) is 24.3 Å². The number of unbranched alkanes of at least 4 members (excludes halogenated alkanes) is 12. The second kappa shape index (κ2) is 17.1. The number of carbonyl (C=O) groups excluding carboxylic acids is 2. The summed E-state index contributed by atoms with van der Waals surface area (Å²) in [6.07, 6.45) is 17.5. The molecule has 0 fully saturated rings. The zero-order valence-corrected chi connectivity index (χ0v) is 18.4. The summed E-state index contributed by atoms with van der Waals surface area (Å²) in [5, 5.41) is 5.55.